The maximum Gasteiger partial charge on any atom is 0.277 e. The summed E-state index contributed by atoms with van der Waals surface area (Å²) in [4.78, 5) is 16.1. The van der Waals surface area contributed by atoms with Crippen LogP contribution in [0.1, 0.15) is 21.6 Å². The maximum absolute atomic E-state index is 12.2. The van der Waals surface area contributed by atoms with Crippen molar-refractivity contribution in [1.29, 1.82) is 5.26 Å². The number of amides is 1. The largest absolute Gasteiger partial charge is 0.295 e. The molecule has 0 bridgehead atoms. The lowest BCUT2D eigenvalue weighted by Gasteiger charge is -2.02. The monoisotopic (exact) mass is 421 g/mol. The standard InChI is InChI=1S/C16H9Cl2N5OS2/c17-11-5-6-12(18)20-13(11)14(24)21-15-22-23-16(26-15)25-8-10-3-1-9(7-19)2-4-10/h1-6H,8H2,(H,21,22,24). The molecule has 2 heterocycles. The number of aromatic nitrogens is 3. The van der Waals surface area contributed by atoms with Gasteiger partial charge in [-0.1, -0.05) is 58.4 Å². The summed E-state index contributed by atoms with van der Waals surface area (Å²) in [5.41, 5.74) is 1.71. The van der Waals surface area contributed by atoms with E-state index in [4.69, 9.17) is 28.5 Å². The molecule has 0 fully saturated rings. The van der Waals surface area contributed by atoms with E-state index in [1.54, 1.807) is 12.1 Å². The van der Waals surface area contributed by atoms with Crippen molar-refractivity contribution in [3.63, 3.8) is 0 Å². The summed E-state index contributed by atoms with van der Waals surface area (Å²) in [7, 11) is 0. The summed E-state index contributed by atoms with van der Waals surface area (Å²) in [6, 6.07) is 12.4. The van der Waals surface area contributed by atoms with E-state index in [-0.39, 0.29) is 15.9 Å². The van der Waals surface area contributed by atoms with E-state index in [0.717, 1.165) is 5.56 Å². The molecule has 0 unspecified atom stereocenters. The third-order valence-corrected chi connectivity index (χ3v) is 5.66. The van der Waals surface area contributed by atoms with Crippen molar-refractivity contribution in [1.82, 2.24) is 15.2 Å². The highest BCUT2D eigenvalue weighted by atomic mass is 35.5. The lowest BCUT2D eigenvalue weighted by molar-refractivity contribution is 0.102. The van der Waals surface area contributed by atoms with Crippen molar-refractivity contribution >= 4 is 57.3 Å². The Morgan fingerprint density at radius 1 is 1.19 bits per heavy atom. The van der Waals surface area contributed by atoms with Gasteiger partial charge in [0.15, 0.2) is 4.34 Å². The minimum absolute atomic E-state index is 0.0288. The van der Waals surface area contributed by atoms with Crippen LogP contribution in [0.3, 0.4) is 0 Å². The molecule has 3 rings (SSSR count). The molecule has 1 amide bonds. The highest BCUT2D eigenvalue weighted by molar-refractivity contribution is 8.00. The quantitative estimate of drug-likeness (QED) is 0.365. The second-order valence-corrected chi connectivity index (χ2v) is 7.88. The summed E-state index contributed by atoms with van der Waals surface area (Å²) in [5, 5.41) is 20.1. The van der Waals surface area contributed by atoms with Gasteiger partial charge in [-0.25, -0.2) is 4.98 Å². The van der Waals surface area contributed by atoms with Crippen LogP contribution in [-0.2, 0) is 5.75 Å². The van der Waals surface area contributed by atoms with E-state index in [0.29, 0.717) is 20.8 Å². The van der Waals surface area contributed by atoms with Gasteiger partial charge in [-0.3, -0.25) is 10.1 Å². The average Bonchev–Trinajstić information content (AvgIpc) is 3.09. The number of carbonyl (C=O) groups is 1. The van der Waals surface area contributed by atoms with Gasteiger partial charge in [0, 0.05) is 5.75 Å². The van der Waals surface area contributed by atoms with E-state index < -0.39 is 5.91 Å². The van der Waals surface area contributed by atoms with Crippen molar-refractivity contribution < 1.29 is 4.79 Å². The minimum atomic E-state index is -0.503. The lowest BCUT2D eigenvalue weighted by atomic mass is 10.2. The van der Waals surface area contributed by atoms with E-state index >= 15 is 0 Å². The Kier molecular flexibility index (Phi) is 6.06. The Labute approximate surface area is 167 Å². The molecular weight excluding hydrogens is 413 g/mol. The lowest BCUT2D eigenvalue weighted by Crippen LogP contribution is -2.14. The van der Waals surface area contributed by atoms with Crippen LogP contribution in [0.15, 0.2) is 40.7 Å². The van der Waals surface area contributed by atoms with Crippen LogP contribution in [-0.4, -0.2) is 21.1 Å². The normalized spacial score (nSPS) is 10.3. The summed E-state index contributed by atoms with van der Waals surface area (Å²) in [5.74, 6) is 0.174. The number of anilines is 1. The Morgan fingerprint density at radius 2 is 1.96 bits per heavy atom. The van der Waals surface area contributed by atoms with Gasteiger partial charge in [-0.15, -0.1) is 10.2 Å². The van der Waals surface area contributed by atoms with Crippen LogP contribution in [0.5, 0.6) is 0 Å². The zero-order valence-electron chi connectivity index (χ0n) is 12.9. The molecule has 0 atom stereocenters. The number of nitrogens with one attached hydrogen (secondary N) is 1. The molecule has 3 aromatic rings. The average molecular weight is 422 g/mol. The molecule has 26 heavy (non-hydrogen) atoms. The third-order valence-electron chi connectivity index (χ3n) is 3.10. The number of hydrogen-bond acceptors (Lipinski definition) is 7. The first-order chi connectivity index (χ1) is 12.5. The first kappa shape index (κ1) is 18.6. The molecule has 2 aromatic heterocycles. The zero-order valence-corrected chi connectivity index (χ0v) is 16.1. The molecule has 10 heteroatoms. The van der Waals surface area contributed by atoms with Crippen LogP contribution < -0.4 is 5.32 Å². The van der Waals surface area contributed by atoms with E-state index in [2.05, 4.69) is 26.6 Å². The number of nitrogens with zero attached hydrogens (tertiary/aromatic N) is 4. The van der Waals surface area contributed by atoms with Crippen molar-refractivity contribution in [3.8, 4) is 6.07 Å². The van der Waals surface area contributed by atoms with Gasteiger partial charge < -0.3 is 0 Å². The van der Waals surface area contributed by atoms with E-state index in [1.165, 1.54) is 35.2 Å². The molecule has 0 radical (unpaired) electrons. The molecule has 0 aliphatic heterocycles. The molecule has 130 valence electrons. The molecule has 0 spiro atoms. The summed E-state index contributed by atoms with van der Waals surface area (Å²) in [6.07, 6.45) is 0. The highest BCUT2D eigenvalue weighted by Crippen LogP contribution is 2.29. The van der Waals surface area contributed by atoms with Gasteiger partial charge in [0.1, 0.15) is 10.8 Å². The molecule has 0 saturated carbocycles. The van der Waals surface area contributed by atoms with Gasteiger partial charge in [-0.05, 0) is 29.8 Å². The second kappa shape index (κ2) is 8.47. The molecule has 0 aliphatic rings. The van der Waals surface area contributed by atoms with Gasteiger partial charge in [0.05, 0.1) is 16.7 Å². The Hall–Kier alpha value is -2.18. The SMILES string of the molecule is N#Cc1ccc(CSc2nnc(NC(=O)c3nc(Cl)ccc3Cl)s2)cc1. The number of thioether (sulfide) groups is 1. The van der Waals surface area contributed by atoms with E-state index in [9.17, 15) is 4.79 Å². The van der Waals surface area contributed by atoms with Crippen molar-refractivity contribution in [2.24, 2.45) is 0 Å². The van der Waals surface area contributed by atoms with Crippen molar-refractivity contribution in [2.75, 3.05) is 5.32 Å². The summed E-state index contributed by atoms with van der Waals surface area (Å²) >= 11 is 14.5. The van der Waals surface area contributed by atoms with Crippen molar-refractivity contribution in [2.45, 2.75) is 10.1 Å². The number of hydrogen-bond donors (Lipinski definition) is 1. The Morgan fingerprint density at radius 3 is 2.69 bits per heavy atom. The van der Waals surface area contributed by atoms with Gasteiger partial charge >= 0.3 is 0 Å². The van der Waals surface area contributed by atoms with Crippen LogP contribution in [0.4, 0.5) is 5.13 Å². The molecule has 0 aliphatic carbocycles. The zero-order chi connectivity index (χ0) is 18.5. The topological polar surface area (TPSA) is 91.6 Å². The molecular formula is C16H9Cl2N5OS2. The van der Waals surface area contributed by atoms with Crippen LogP contribution in [0.2, 0.25) is 10.2 Å². The maximum atomic E-state index is 12.2. The minimum Gasteiger partial charge on any atom is -0.295 e. The van der Waals surface area contributed by atoms with Gasteiger partial charge in [0.2, 0.25) is 5.13 Å². The Bertz CT molecular complexity index is 985. The first-order valence-corrected chi connectivity index (χ1v) is 9.69. The number of carbonyl (C=O) groups excluding carboxylic acids is 1. The fraction of sp³-hybridized carbons (Fsp3) is 0.0625. The van der Waals surface area contributed by atoms with Crippen LogP contribution in [0.25, 0.3) is 0 Å². The van der Waals surface area contributed by atoms with Crippen LogP contribution in [0, 0.1) is 11.3 Å². The predicted octanol–water partition coefficient (Wildman–Crippen LogP) is 4.66. The number of pyridine rings is 1. The first-order valence-electron chi connectivity index (χ1n) is 7.14. The fourth-order valence-corrected chi connectivity index (χ4v) is 3.91. The summed E-state index contributed by atoms with van der Waals surface area (Å²) in [6.45, 7) is 0. The van der Waals surface area contributed by atoms with Gasteiger partial charge in [-0.2, -0.15) is 5.26 Å². The number of halogens is 2. The molecule has 1 N–H and O–H groups in total. The molecule has 6 nitrogen and oxygen atoms in total. The van der Waals surface area contributed by atoms with Gasteiger partial charge in [0.25, 0.3) is 5.91 Å². The van der Waals surface area contributed by atoms with Crippen molar-refractivity contribution in [3.05, 3.63) is 63.4 Å². The fourth-order valence-electron chi connectivity index (χ4n) is 1.87. The Balaban J connectivity index is 1.61. The predicted molar refractivity (Wildman–Crippen MR) is 103 cm³/mol. The summed E-state index contributed by atoms with van der Waals surface area (Å²) < 4.78 is 0.704. The third kappa shape index (κ3) is 4.71. The van der Waals surface area contributed by atoms with E-state index in [1.807, 2.05) is 12.1 Å². The smallest absolute Gasteiger partial charge is 0.277 e. The molecule has 0 saturated heterocycles. The highest BCUT2D eigenvalue weighted by Gasteiger charge is 2.15. The second-order valence-electron chi connectivity index (χ2n) is 4.89. The van der Waals surface area contributed by atoms with Crippen LogP contribution >= 0.6 is 46.3 Å². The number of benzene rings is 1. The number of rotatable bonds is 5. The molecule has 1 aromatic carbocycles. The number of nitriles is 1.